The smallest absolute Gasteiger partial charge is 0.310 e. The number of nitrogens with zero attached hydrogens (tertiary/aromatic N) is 2. The number of hydrogen-bond donors (Lipinski definition) is 1. The number of piperidine rings is 1. The molecule has 0 amide bonds. The van der Waals surface area contributed by atoms with E-state index < -0.39 is 11.4 Å². The fourth-order valence-electron chi connectivity index (χ4n) is 3.60. The molecule has 2 aliphatic heterocycles. The van der Waals surface area contributed by atoms with Crippen LogP contribution in [0.2, 0.25) is 0 Å². The molecule has 0 aromatic carbocycles. The van der Waals surface area contributed by atoms with E-state index in [1.165, 1.54) is 32.2 Å². The van der Waals surface area contributed by atoms with Crippen molar-refractivity contribution in [2.45, 2.75) is 51.5 Å². The molecule has 0 aliphatic carbocycles. The zero-order valence-electron chi connectivity index (χ0n) is 12.4. The number of carboxylic acids is 1. The predicted molar refractivity (Wildman–Crippen MR) is 76.3 cm³/mol. The third-order valence-electron chi connectivity index (χ3n) is 5.26. The van der Waals surface area contributed by atoms with Crippen LogP contribution in [0.5, 0.6) is 0 Å². The van der Waals surface area contributed by atoms with Gasteiger partial charge < -0.3 is 14.9 Å². The number of rotatable bonds is 5. The first-order chi connectivity index (χ1) is 9.07. The van der Waals surface area contributed by atoms with Crippen LogP contribution in [0.15, 0.2) is 0 Å². The van der Waals surface area contributed by atoms with Gasteiger partial charge in [-0.25, -0.2) is 0 Å². The number of aliphatic carboxylic acids is 1. The fraction of sp³-hybridized carbons (Fsp3) is 0.933. The topological polar surface area (TPSA) is 43.8 Å². The van der Waals surface area contributed by atoms with E-state index in [4.69, 9.17) is 0 Å². The Morgan fingerprint density at radius 2 is 2.16 bits per heavy atom. The summed E-state index contributed by atoms with van der Waals surface area (Å²) in [5.74, 6) is -0.604. The molecule has 2 heterocycles. The Hall–Kier alpha value is -0.610. The van der Waals surface area contributed by atoms with Gasteiger partial charge in [-0.05, 0) is 58.8 Å². The minimum absolute atomic E-state index is 0.474. The lowest BCUT2D eigenvalue weighted by Crippen LogP contribution is -2.39. The van der Waals surface area contributed by atoms with Crippen LogP contribution in [0, 0.1) is 5.41 Å². The maximum Gasteiger partial charge on any atom is 0.310 e. The molecule has 4 heteroatoms. The van der Waals surface area contributed by atoms with Crippen molar-refractivity contribution in [2.24, 2.45) is 5.41 Å². The quantitative estimate of drug-likeness (QED) is 0.829. The maximum absolute atomic E-state index is 11.4. The number of carboxylic acid groups (broad SMARTS) is 1. The van der Waals surface area contributed by atoms with E-state index in [0.29, 0.717) is 6.04 Å². The van der Waals surface area contributed by atoms with Crippen LogP contribution >= 0.6 is 0 Å². The molecule has 1 N–H and O–H groups in total. The molecular weight excluding hydrogens is 240 g/mol. The predicted octanol–water partition coefficient (Wildman–Crippen LogP) is 2.05. The molecule has 0 bridgehead atoms. The molecule has 2 aliphatic rings. The third-order valence-corrected chi connectivity index (χ3v) is 5.26. The molecule has 19 heavy (non-hydrogen) atoms. The Labute approximate surface area is 116 Å². The minimum atomic E-state index is -0.604. The second kappa shape index (κ2) is 6.23. The summed E-state index contributed by atoms with van der Waals surface area (Å²) in [6, 6.07) is 0.704. The van der Waals surface area contributed by atoms with Crippen LogP contribution in [-0.2, 0) is 4.79 Å². The van der Waals surface area contributed by atoms with Gasteiger partial charge in [-0.15, -0.1) is 0 Å². The Bertz CT molecular complexity index is 321. The molecule has 0 saturated carbocycles. The van der Waals surface area contributed by atoms with Gasteiger partial charge in [-0.2, -0.15) is 0 Å². The van der Waals surface area contributed by atoms with Gasteiger partial charge in [0.05, 0.1) is 5.41 Å². The lowest BCUT2D eigenvalue weighted by molar-refractivity contribution is -0.148. The van der Waals surface area contributed by atoms with Gasteiger partial charge in [0, 0.05) is 12.6 Å². The second-order valence-corrected chi connectivity index (χ2v) is 6.38. The van der Waals surface area contributed by atoms with E-state index >= 15 is 0 Å². The first kappa shape index (κ1) is 14.8. The van der Waals surface area contributed by atoms with E-state index in [2.05, 4.69) is 16.8 Å². The summed E-state index contributed by atoms with van der Waals surface area (Å²) in [6.07, 6.45) is 6.75. The van der Waals surface area contributed by atoms with Crippen LogP contribution in [0.3, 0.4) is 0 Å². The van der Waals surface area contributed by atoms with Gasteiger partial charge in [-0.3, -0.25) is 4.79 Å². The van der Waals surface area contributed by atoms with E-state index in [9.17, 15) is 9.90 Å². The third kappa shape index (κ3) is 3.29. The standard InChI is InChI=1S/C15H28N2O2/c1-3-15(14(18)19)8-11-17(12-15)10-7-13-6-4-5-9-16(13)2/h13H,3-12H2,1-2H3,(H,18,19). The molecule has 2 unspecified atom stereocenters. The SMILES string of the molecule is CCC1(C(=O)O)CCN(CCC2CCCCN2C)C1. The number of carbonyl (C=O) groups is 1. The first-order valence-electron chi connectivity index (χ1n) is 7.73. The second-order valence-electron chi connectivity index (χ2n) is 6.38. The number of likely N-dealkylation sites (tertiary alicyclic amines) is 2. The zero-order chi connectivity index (χ0) is 13.9. The molecule has 2 rings (SSSR count). The summed E-state index contributed by atoms with van der Waals surface area (Å²) in [4.78, 5) is 16.3. The maximum atomic E-state index is 11.4. The van der Waals surface area contributed by atoms with Crippen LogP contribution in [0.1, 0.15) is 45.4 Å². The summed E-state index contributed by atoms with van der Waals surface area (Å²) in [5.41, 5.74) is -0.474. The zero-order valence-corrected chi connectivity index (χ0v) is 12.4. The molecule has 4 nitrogen and oxygen atoms in total. The summed E-state index contributed by atoms with van der Waals surface area (Å²) in [6.45, 7) is 5.99. The highest BCUT2D eigenvalue weighted by molar-refractivity contribution is 5.75. The molecule has 2 saturated heterocycles. The minimum Gasteiger partial charge on any atom is -0.481 e. The lowest BCUT2D eigenvalue weighted by atomic mass is 9.84. The summed E-state index contributed by atoms with van der Waals surface area (Å²) in [5, 5.41) is 9.41. The molecule has 0 aromatic heterocycles. The molecule has 0 spiro atoms. The summed E-state index contributed by atoms with van der Waals surface area (Å²) >= 11 is 0. The highest BCUT2D eigenvalue weighted by atomic mass is 16.4. The Kier molecular flexibility index (Phi) is 4.85. The Morgan fingerprint density at radius 3 is 2.74 bits per heavy atom. The van der Waals surface area contributed by atoms with Gasteiger partial charge in [0.15, 0.2) is 0 Å². The van der Waals surface area contributed by atoms with Gasteiger partial charge in [-0.1, -0.05) is 13.3 Å². The number of hydrogen-bond acceptors (Lipinski definition) is 3. The Morgan fingerprint density at radius 1 is 1.37 bits per heavy atom. The largest absolute Gasteiger partial charge is 0.481 e. The van der Waals surface area contributed by atoms with Crippen molar-refractivity contribution >= 4 is 5.97 Å². The molecule has 0 radical (unpaired) electrons. The normalized spacial score (nSPS) is 33.7. The van der Waals surface area contributed by atoms with Crippen molar-refractivity contribution in [2.75, 3.05) is 33.2 Å². The first-order valence-corrected chi connectivity index (χ1v) is 7.73. The van der Waals surface area contributed by atoms with Crippen LogP contribution in [-0.4, -0.2) is 60.1 Å². The van der Waals surface area contributed by atoms with Crippen molar-refractivity contribution in [3.8, 4) is 0 Å². The molecule has 110 valence electrons. The molecular formula is C15H28N2O2. The highest BCUT2D eigenvalue weighted by Gasteiger charge is 2.43. The van der Waals surface area contributed by atoms with Crippen LogP contribution < -0.4 is 0 Å². The van der Waals surface area contributed by atoms with Crippen molar-refractivity contribution in [3.05, 3.63) is 0 Å². The van der Waals surface area contributed by atoms with Gasteiger partial charge >= 0.3 is 5.97 Å². The molecule has 2 atom stereocenters. The molecule has 0 aromatic rings. The fourth-order valence-corrected chi connectivity index (χ4v) is 3.60. The van der Waals surface area contributed by atoms with E-state index in [-0.39, 0.29) is 0 Å². The van der Waals surface area contributed by atoms with Crippen molar-refractivity contribution < 1.29 is 9.90 Å². The van der Waals surface area contributed by atoms with E-state index in [1.807, 2.05) is 6.92 Å². The van der Waals surface area contributed by atoms with Crippen LogP contribution in [0.25, 0.3) is 0 Å². The van der Waals surface area contributed by atoms with Crippen molar-refractivity contribution in [1.82, 2.24) is 9.80 Å². The van der Waals surface area contributed by atoms with Crippen molar-refractivity contribution in [3.63, 3.8) is 0 Å². The summed E-state index contributed by atoms with van der Waals surface area (Å²) < 4.78 is 0. The van der Waals surface area contributed by atoms with Gasteiger partial charge in [0.25, 0.3) is 0 Å². The average molecular weight is 268 g/mol. The van der Waals surface area contributed by atoms with Crippen LogP contribution in [0.4, 0.5) is 0 Å². The van der Waals surface area contributed by atoms with E-state index in [1.54, 1.807) is 0 Å². The van der Waals surface area contributed by atoms with E-state index in [0.717, 1.165) is 32.5 Å². The summed E-state index contributed by atoms with van der Waals surface area (Å²) in [7, 11) is 2.22. The lowest BCUT2D eigenvalue weighted by Gasteiger charge is -2.33. The Balaban J connectivity index is 1.80. The van der Waals surface area contributed by atoms with Gasteiger partial charge in [0.1, 0.15) is 0 Å². The monoisotopic (exact) mass is 268 g/mol. The average Bonchev–Trinajstić information content (AvgIpc) is 2.83. The highest BCUT2D eigenvalue weighted by Crippen LogP contribution is 2.34. The van der Waals surface area contributed by atoms with Crippen molar-refractivity contribution in [1.29, 1.82) is 0 Å². The molecule has 2 fully saturated rings. The van der Waals surface area contributed by atoms with Gasteiger partial charge in [0.2, 0.25) is 0 Å².